The zero-order chi connectivity index (χ0) is 9.68. The first-order valence-electron chi connectivity index (χ1n) is 3.44. The molecule has 70 valence electrons. The molecule has 0 unspecified atom stereocenters. The molecule has 1 rings (SSSR count). The molecule has 1 heterocycles. The molecule has 5 nitrogen and oxygen atoms in total. The Morgan fingerprint density at radius 2 is 2.38 bits per heavy atom. The van der Waals surface area contributed by atoms with Gasteiger partial charge in [0, 0.05) is 6.07 Å². The van der Waals surface area contributed by atoms with E-state index in [0.717, 1.165) is 11.8 Å². The van der Waals surface area contributed by atoms with Gasteiger partial charge in [0.15, 0.2) is 0 Å². The fraction of sp³-hybridized carbons (Fsp3) is 0.286. The maximum Gasteiger partial charge on any atom is 0.313 e. The van der Waals surface area contributed by atoms with E-state index in [-0.39, 0.29) is 5.75 Å². The van der Waals surface area contributed by atoms with E-state index in [1.807, 2.05) is 0 Å². The van der Waals surface area contributed by atoms with Gasteiger partial charge in [-0.25, -0.2) is 0 Å². The number of methoxy groups -OCH3 is 1. The molecule has 0 spiro atoms. The average molecular weight is 200 g/mol. The lowest BCUT2D eigenvalue weighted by Gasteiger charge is -1.98. The summed E-state index contributed by atoms with van der Waals surface area (Å²) in [5.74, 6) is -0.469. The fourth-order valence-corrected chi connectivity index (χ4v) is 1.16. The Morgan fingerprint density at radius 3 is 2.85 bits per heavy atom. The Kier molecular flexibility index (Phi) is 3.51. The van der Waals surface area contributed by atoms with Crippen molar-refractivity contribution < 1.29 is 14.6 Å². The predicted molar refractivity (Wildman–Crippen MR) is 46.9 cm³/mol. The number of ether oxygens (including phenoxy) is 1. The monoisotopic (exact) mass is 200 g/mol. The summed E-state index contributed by atoms with van der Waals surface area (Å²) in [7, 11) is 1.49. The van der Waals surface area contributed by atoms with Crippen molar-refractivity contribution in [2.24, 2.45) is 0 Å². The lowest BCUT2D eigenvalue weighted by Crippen LogP contribution is -1.98. The minimum atomic E-state index is -0.873. The van der Waals surface area contributed by atoms with Gasteiger partial charge in [0.2, 0.25) is 5.88 Å². The van der Waals surface area contributed by atoms with Crippen LogP contribution >= 0.6 is 11.8 Å². The highest BCUT2D eigenvalue weighted by molar-refractivity contribution is 7.99. The van der Waals surface area contributed by atoms with Crippen molar-refractivity contribution in [3.05, 3.63) is 12.1 Å². The molecule has 1 aromatic heterocycles. The molecule has 1 N–H and O–H groups in total. The van der Waals surface area contributed by atoms with Crippen LogP contribution in [0.1, 0.15) is 0 Å². The normalized spacial score (nSPS) is 9.62. The summed E-state index contributed by atoms with van der Waals surface area (Å²) >= 11 is 1.12. The van der Waals surface area contributed by atoms with Crippen molar-refractivity contribution >= 4 is 17.7 Å². The molecule has 0 aliphatic heterocycles. The zero-order valence-electron chi connectivity index (χ0n) is 6.93. The lowest BCUT2D eigenvalue weighted by molar-refractivity contribution is -0.133. The molecule has 0 radical (unpaired) electrons. The van der Waals surface area contributed by atoms with Crippen LogP contribution in [0.25, 0.3) is 0 Å². The fourth-order valence-electron chi connectivity index (χ4n) is 0.629. The second-order valence-electron chi connectivity index (χ2n) is 2.10. The second kappa shape index (κ2) is 4.66. The van der Waals surface area contributed by atoms with Gasteiger partial charge in [0.1, 0.15) is 5.03 Å². The molecule has 0 saturated heterocycles. The number of carboxylic acids is 1. The van der Waals surface area contributed by atoms with Gasteiger partial charge >= 0.3 is 5.97 Å². The van der Waals surface area contributed by atoms with Crippen LogP contribution in [-0.2, 0) is 4.79 Å². The van der Waals surface area contributed by atoms with Crippen LogP contribution in [0.3, 0.4) is 0 Å². The smallest absolute Gasteiger partial charge is 0.313 e. The summed E-state index contributed by atoms with van der Waals surface area (Å²) in [6, 6.07) is 3.30. The number of carboxylic acid groups (broad SMARTS) is 1. The summed E-state index contributed by atoms with van der Waals surface area (Å²) in [6.07, 6.45) is 0. The van der Waals surface area contributed by atoms with Gasteiger partial charge in [-0.1, -0.05) is 11.8 Å². The van der Waals surface area contributed by atoms with E-state index < -0.39 is 5.97 Å². The third-order valence-corrected chi connectivity index (χ3v) is 2.07. The number of hydrogen-bond donors (Lipinski definition) is 1. The molecule has 0 aromatic carbocycles. The van der Waals surface area contributed by atoms with E-state index in [0.29, 0.717) is 10.9 Å². The number of carbonyl (C=O) groups is 1. The second-order valence-corrected chi connectivity index (χ2v) is 3.09. The van der Waals surface area contributed by atoms with Gasteiger partial charge in [0.25, 0.3) is 0 Å². The van der Waals surface area contributed by atoms with Crippen molar-refractivity contribution in [3.8, 4) is 5.88 Å². The van der Waals surface area contributed by atoms with E-state index in [4.69, 9.17) is 9.84 Å². The predicted octanol–water partition coefficient (Wildman–Crippen LogP) is 0.662. The molecule has 0 aliphatic rings. The molecular formula is C7H8N2O3S. The van der Waals surface area contributed by atoms with Crippen molar-refractivity contribution in [3.63, 3.8) is 0 Å². The standard InChI is InChI=1S/C7H8N2O3S/c1-12-5-2-3-6(9-8-5)13-4-7(10)11/h2-3H,4H2,1H3,(H,10,11). The van der Waals surface area contributed by atoms with Crippen LogP contribution in [0.5, 0.6) is 5.88 Å². The third kappa shape index (κ3) is 3.29. The van der Waals surface area contributed by atoms with Crippen molar-refractivity contribution in [1.29, 1.82) is 0 Å². The molecule has 0 atom stereocenters. The first kappa shape index (κ1) is 9.79. The Hall–Kier alpha value is -1.30. The highest BCUT2D eigenvalue weighted by Gasteiger charge is 2.01. The molecular weight excluding hydrogens is 192 g/mol. The highest BCUT2D eigenvalue weighted by Crippen LogP contribution is 2.15. The van der Waals surface area contributed by atoms with Crippen LogP contribution in [0.15, 0.2) is 17.2 Å². The summed E-state index contributed by atoms with van der Waals surface area (Å²) in [5, 5.41) is 16.4. The van der Waals surface area contributed by atoms with E-state index in [2.05, 4.69) is 10.2 Å². The molecule has 1 aromatic rings. The third-order valence-electron chi connectivity index (χ3n) is 1.17. The Labute approximate surface area is 79.1 Å². The van der Waals surface area contributed by atoms with Gasteiger partial charge < -0.3 is 9.84 Å². The Morgan fingerprint density at radius 1 is 1.62 bits per heavy atom. The van der Waals surface area contributed by atoms with Gasteiger partial charge in [0.05, 0.1) is 12.9 Å². The number of rotatable bonds is 4. The largest absolute Gasteiger partial charge is 0.481 e. The number of hydrogen-bond acceptors (Lipinski definition) is 5. The van der Waals surface area contributed by atoms with E-state index in [9.17, 15) is 4.79 Å². The first-order chi connectivity index (χ1) is 6.22. The van der Waals surface area contributed by atoms with Crippen LogP contribution < -0.4 is 4.74 Å². The summed E-state index contributed by atoms with van der Waals surface area (Å²) in [5.41, 5.74) is 0. The first-order valence-corrected chi connectivity index (χ1v) is 4.43. The van der Waals surface area contributed by atoms with Gasteiger partial charge in [-0.05, 0) is 6.07 Å². The average Bonchev–Trinajstić information content (AvgIpc) is 2.15. The molecule has 0 saturated carbocycles. The molecule has 0 fully saturated rings. The van der Waals surface area contributed by atoms with Gasteiger partial charge in [-0.15, -0.1) is 10.2 Å². The van der Waals surface area contributed by atoms with Crippen molar-refractivity contribution in [1.82, 2.24) is 10.2 Å². The lowest BCUT2D eigenvalue weighted by atomic mass is 10.6. The van der Waals surface area contributed by atoms with Crippen LogP contribution in [0.2, 0.25) is 0 Å². The molecule has 0 amide bonds. The molecule has 0 aliphatic carbocycles. The van der Waals surface area contributed by atoms with Crippen LogP contribution in [0.4, 0.5) is 0 Å². The quantitative estimate of drug-likeness (QED) is 0.720. The molecule has 6 heteroatoms. The Balaban J connectivity index is 2.54. The Bertz CT molecular complexity index is 288. The van der Waals surface area contributed by atoms with Gasteiger partial charge in [-0.3, -0.25) is 4.79 Å². The van der Waals surface area contributed by atoms with E-state index in [1.54, 1.807) is 12.1 Å². The maximum atomic E-state index is 10.2. The minimum absolute atomic E-state index is 0.0129. The summed E-state index contributed by atoms with van der Waals surface area (Å²) in [6.45, 7) is 0. The summed E-state index contributed by atoms with van der Waals surface area (Å²) < 4.78 is 4.80. The maximum absolute atomic E-state index is 10.2. The highest BCUT2D eigenvalue weighted by atomic mass is 32.2. The van der Waals surface area contributed by atoms with E-state index in [1.165, 1.54) is 7.11 Å². The molecule has 13 heavy (non-hydrogen) atoms. The van der Waals surface area contributed by atoms with Crippen LogP contribution in [-0.4, -0.2) is 34.1 Å². The summed E-state index contributed by atoms with van der Waals surface area (Å²) in [4.78, 5) is 10.2. The van der Waals surface area contributed by atoms with Crippen molar-refractivity contribution in [2.75, 3.05) is 12.9 Å². The topological polar surface area (TPSA) is 72.3 Å². The van der Waals surface area contributed by atoms with Crippen LogP contribution in [0, 0.1) is 0 Å². The van der Waals surface area contributed by atoms with E-state index >= 15 is 0 Å². The minimum Gasteiger partial charge on any atom is -0.481 e. The van der Waals surface area contributed by atoms with Gasteiger partial charge in [-0.2, -0.15) is 0 Å². The number of aliphatic carboxylic acids is 1. The zero-order valence-corrected chi connectivity index (χ0v) is 7.74. The number of nitrogens with zero attached hydrogens (tertiary/aromatic N) is 2. The SMILES string of the molecule is COc1ccc(SCC(=O)O)nn1. The van der Waals surface area contributed by atoms with Crippen molar-refractivity contribution in [2.45, 2.75) is 5.03 Å². The molecule has 0 bridgehead atoms. The number of thioether (sulfide) groups is 1. The number of aromatic nitrogens is 2.